The minimum Gasteiger partial charge on any atom is -0.465 e. The lowest BCUT2D eigenvalue weighted by atomic mass is 10.2. The van der Waals surface area contributed by atoms with Crippen molar-refractivity contribution in [2.24, 2.45) is 0 Å². The standard InChI is InChI=1S/C12H16N2O3/c1-4-8-14(9(2)15)11-10(12(16)17-3)6-5-7-13-11/h5-7H,4,8H2,1-3H3. The topological polar surface area (TPSA) is 59.5 Å². The van der Waals surface area contributed by atoms with Gasteiger partial charge < -0.3 is 4.74 Å². The predicted octanol–water partition coefficient (Wildman–Crippen LogP) is 1.63. The third kappa shape index (κ3) is 3.03. The Labute approximate surface area is 100 Å². The number of esters is 1. The van der Waals surface area contributed by atoms with Crippen molar-refractivity contribution in [2.45, 2.75) is 20.3 Å². The molecule has 1 aromatic rings. The maximum atomic E-state index is 11.6. The minimum absolute atomic E-state index is 0.143. The van der Waals surface area contributed by atoms with E-state index < -0.39 is 5.97 Å². The van der Waals surface area contributed by atoms with E-state index in [9.17, 15) is 9.59 Å². The van der Waals surface area contributed by atoms with E-state index in [1.807, 2.05) is 6.92 Å². The van der Waals surface area contributed by atoms with Gasteiger partial charge in [0.05, 0.1) is 7.11 Å². The van der Waals surface area contributed by atoms with Gasteiger partial charge in [-0.15, -0.1) is 0 Å². The summed E-state index contributed by atoms with van der Waals surface area (Å²) in [5, 5.41) is 0. The maximum Gasteiger partial charge on any atom is 0.341 e. The highest BCUT2D eigenvalue weighted by Gasteiger charge is 2.20. The first-order valence-corrected chi connectivity index (χ1v) is 5.43. The zero-order valence-corrected chi connectivity index (χ0v) is 10.3. The van der Waals surface area contributed by atoms with Gasteiger partial charge >= 0.3 is 5.97 Å². The summed E-state index contributed by atoms with van der Waals surface area (Å²) < 4.78 is 4.67. The van der Waals surface area contributed by atoms with Gasteiger partial charge in [-0.25, -0.2) is 9.78 Å². The third-order valence-corrected chi connectivity index (χ3v) is 2.27. The lowest BCUT2D eigenvalue weighted by molar-refractivity contribution is -0.116. The van der Waals surface area contributed by atoms with E-state index in [2.05, 4.69) is 9.72 Å². The number of hydrogen-bond donors (Lipinski definition) is 0. The van der Waals surface area contributed by atoms with Gasteiger partial charge in [-0.3, -0.25) is 9.69 Å². The van der Waals surface area contributed by atoms with Crippen molar-refractivity contribution in [3.8, 4) is 0 Å². The second-order valence-corrected chi connectivity index (χ2v) is 3.54. The van der Waals surface area contributed by atoms with E-state index in [1.165, 1.54) is 18.9 Å². The van der Waals surface area contributed by atoms with Crippen LogP contribution in [0, 0.1) is 0 Å². The van der Waals surface area contributed by atoms with Gasteiger partial charge in [0.1, 0.15) is 11.4 Å². The minimum atomic E-state index is -0.490. The Hall–Kier alpha value is -1.91. The number of hydrogen-bond acceptors (Lipinski definition) is 4. The van der Waals surface area contributed by atoms with E-state index in [1.54, 1.807) is 18.3 Å². The fraction of sp³-hybridized carbons (Fsp3) is 0.417. The van der Waals surface area contributed by atoms with Crippen molar-refractivity contribution in [1.29, 1.82) is 0 Å². The van der Waals surface area contributed by atoms with Crippen molar-refractivity contribution in [3.63, 3.8) is 0 Å². The molecule has 0 saturated heterocycles. The van der Waals surface area contributed by atoms with Gasteiger partial charge in [0.25, 0.3) is 0 Å². The van der Waals surface area contributed by atoms with Crippen LogP contribution in [-0.2, 0) is 9.53 Å². The Balaban J connectivity index is 3.18. The normalized spacial score (nSPS) is 9.82. The van der Waals surface area contributed by atoms with Crippen LogP contribution in [0.3, 0.4) is 0 Å². The number of amides is 1. The molecule has 0 aliphatic carbocycles. The molecular formula is C12H16N2O3. The molecule has 0 radical (unpaired) electrons. The van der Waals surface area contributed by atoms with Crippen LogP contribution in [0.2, 0.25) is 0 Å². The highest BCUT2D eigenvalue weighted by Crippen LogP contribution is 2.18. The second kappa shape index (κ2) is 5.98. The fourth-order valence-corrected chi connectivity index (χ4v) is 1.52. The zero-order chi connectivity index (χ0) is 12.8. The Morgan fingerprint density at radius 2 is 2.18 bits per heavy atom. The smallest absolute Gasteiger partial charge is 0.341 e. The van der Waals surface area contributed by atoms with Crippen LogP contribution in [0.15, 0.2) is 18.3 Å². The average Bonchev–Trinajstić information content (AvgIpc) is 2.34. The zero-order valence-electron chi connectivity index (χ0n) is 10.3. The summed E-state index contributed by atoms with van der Waals surface area (Å²) in [6, 6.07) is 3.24. The number of anilines is 1. The van der Waals surface area contributed by atoms with Crippen molar-refractivity contribution in [1.82, 2.24) is 4.98 Å². The van der Waals surface area contributed by atoms with Crippen LogP contribution in [0.5, 0.6) is 0 Å². The lowest BCUT2D eigenvalue weighted by Crippen LogP contribution is -2.31. The molecule has 0 N–H and O–H groups in total. The maximum absolute atomic E-state index is 11.6. The van der Waals surface area contributed by atoms with Gasteiger partial charge in [-0.05, 0) is 18.6 Å². The Kier molecular flexibility index (Phi) is 4.63. The van der Waals surface area contributed by atoms with E-state index in [0.29, 0.717) is 17.9 Å². The number of aromatic nitrogens is 1. The van der Waals surface area contributed by atoms with Crippen molar-refractivity contribution >= 4 is 17.7 Å². The molecule has 5 nitrogen and oxygen atoms in total. The summed E-state index contributed by atoms with van der Waals surface area (Å²) in [6.45, 7) is 3.93. The first kappa shape index (κ1) is 13.2. The number of carbonyl (C=O) groups is 2. The van der Waals surface area contributed by atoms with Crippen molar-refractivity contribution in [3.05, 3.63) is 23.9 Å². The van der Waals surface area contributed by atoms with Gasteiger partial charge in [0.2, 0.25) is 5.91 Å². The van der Waals surface area contributed by atoms with Gasteiger partial charge in [0.15, 0.2) is 0 Å². The fourth-order valence-electron chi connectivity index (χ4n) is 1.52. The monoisotopic (exact) mass is 236 g/mol. The number of pyridine rings is 1. The second-order valence-electron chi connectivity index (χ2n) is 3.54. The summed E-state index contributed by atoms with van der Waals surface area (Å²) in [4.78, 5) is 28.7. The molecule has 0 saturated carbocycles. The predicted molar refractivity (Wildman–Crippen MR) is 63.9 cm³/mol. The molecular weight excluding hydrogens is 220 g/mol. The molecule has 0 atom stereocenters. The van der Waals surface area contributed by atoms with E-state index in [-0.39, 0.29) is 5.91 Å². The molecule has 0 aromatic carbocycles. The van der Waals surface area contributed by atoms with Crippen LogP contribution >= 0.6 is 0 Å². The van der Waals surface area contributed by atoms with E-state index in [0.717, 1.165) is 6.42 Å². The first-order chi connectivity index (χ1) is 8.11. The quantitative estimate of drug-likeness (QED) is 0.745. The van der Waals surface area contributed by atoms with Crippen LogP contribution in [-0.4, -0.2) is 30.5 Å². The summed E-state index contributed by atoms with van der Waals surface area (Å²) in [5.74, 6) is -0.278. The number of carbonyl (C=O) groups excluding carboxylic acids is 2. The van der Waals surface area contributed by atoms with Crippen molar-refractivity contribution in [2.75, 3.05) is 18.6 Å². The van der Waals surface area contributed by atoms with Gasteiger partial charge in [0, 0.05) is 19.7 Å². The van der Waals surface area contributed by atoms with E-state index in [4.69, 9.17) is 0 Å². The molecule has 1 amide bonds. The molecule has 0 spiro atoms. The third-order valence-electron chi connectivity index (χ3n) is 2.27. The Bertz CT molecular complexity index is 418. The van der Waals surface area contributed by atoms with Crippen LogP contribution in [0.1, 0.15) is 30.6 Å². The van der Waals surface area contributed by atoms with Crippen LogP contribution < -0.4 is 4.90 Å². The van der Waals surface area contributed by atoms with Crippen LogP contribution in [0.25, 0.3) is 0 Å². The molecule has 92 valence electrons. The number of rotatable bonds is 4. The highest BCUT2D eigenvalue weighted by molar-refractivity contribution is 6.00. The summed E-state index contributed by atoms with van der Waals surface area (Å²) in [7, 11) is 1.30. The van der Waals surface area contributed by atoms with Gasteiger partial charge in [-0.1, -0.05) is 6.92 Å². The molecule has 17 heavy (non-hydrogen) atoms. The summed E-state index contributed by atoms with van der Waals surface area (Å²) in [5.41, 5.74) is 0.304. The molecule has 1 aromatic heterocycles. The lowest BCUT2D eigenvalue weighted by Gasteiger charge is -2.21. The Morgan fingerprint density at radius 3 is 2.71 bits per heavy atom. The molecule has 0 aliphatic rings. The molecule has 0 unspecified atom stereocenters. The SMILES string of the molecule is CCCN(C(C)=O)c1ncccc1C(=O)OC. The highest BCUT2D eigenvalue weighted by atomic mass is 16.5. The van der Waals surface area contributed by atoms with E-state index >= 15 is 0 Å². The van der Waals surface area contributed by atoms with Gasteiger partial charge in [-0.2, -0.15) is 0 Å². The van der Waals surface area contributed by atoms with Crippen molar-refractivity contribution < 1.29 is 14.3 Å². The Morgan fingerprint density at radius 1 is 1.47 bits per heavy atom. The first-order valence-electron chi connectivity index (χ1n) is 5.43. The molecule has 5 heteroatoms. The average molecular weight is 236 g/mol. The molecule has 0 fully saturated rings. The number of ether oxygens (including phenoxy) is 1. The number of nitrogens with zero attached hydrogens (tertiary/aromatic N) is 2. The molecule has 0 aliphatic heterocycles. The van der Waals surface area contributed by atoms with Crippen LogP contribution in [0.4, 0.5) is 5.82 Å². The molecule has 0 bridgehead atoms. The molecule has 1 rings (SSSR count). The number of methoxy groups -OCH3 is 1. The molecule has 1 heterocycles. The summed E-state index contributed by atoms with van der Waals surface area (Å²) in [6.07, 6.45) is 2.34. The summed E-state index contributed by atoms with van der Waals surface area (Å²) >= 11 is 0. The largest absolute Gasteiger partial charge is 0.465 e.